The third-order valence-electron chi connectivity index (χ3n) is 6.26. The number of amides is 3. The number of rotatable bonds is 4. The van der Waals surface area contributed by atoms with Gasteiger partial charge in [0.2, 0.25) is 11.8 Å². The van der Waals surface area contributed by atoms with E-state index in [1.54, 1.807) is 24.2 Å². The summed E-state index contributed by atoms with van der Waals surface area (Å²) in [6, 6.07) is 8.61. The number of likely N-dealkylation sites (tertiary alicyclic amines) is 1. The van der Waals surface area contributed by atoms with Crippen LogP contribution >= 0.6 is 0 Å². The molecular weight excluding hydrogens is 408 g/mol. The van der Waals surface area contributed by atoms with Crippen molar-refractivity contribution in [3.05, 3.63) is 59.4 Å². The first kappa shape index (κ1) is 21.8. The maximum atomic E-state index is 12.9. The van der Waals surface area contributed by atoms with Crippen molar-refractivity contribution in [1.82, 2.24) is 20.5 Å². The number of fused-ring (bicyclic) bond motifs is 1. The maximum Gasteiger partial charge on any atom is 0.255 e. The Kier molecular flexibility index (Phi) is 6.12. The second-order valence-corrected chi connectivity index (χ2v) is 8.55. The third kappa shape index (κ3) is 4.59. The Labute approximate surface area is 187 Å². The molecule has 2 aliphatic heterocycles. The molecule has 2 aromatic rings. The van der Waals surface area contributed by atoms with Crippen LogP contribution in [-0.4, -0.2) is 52.3 Å². The van der Waals surface area contributed by atoms with Crippen molar-refractivity contribution < 1.29 is 19.1 Å². The zero-order chi connectivity index (χ0) is 22.7. The standard InChI is InChI=1S/C24H28N4O4/c1-16-3-4-20-19(13-16)23(31)27-15-24(32-20)8-5-21(29)28(12-9-24)17(2)22(30)26-14-18-6-10-25-11-7-18/h3-4,6-7,10-11,13,17H,5,8-9,12,14-15H2,1-2H3,(H,26,30)(H,27,31). The Morgan fingerprint density at radius 1 is 1.25 bits per heavy atom. The molecule has 3 heterocycles. The molecule has 0 radical (unpaired) electrons. The van der Waals surface area contributed by atoms with Crippen LogP contribution in [0.15, 0.2) is 42.7 Å². The van der Waals surface area contributed by atoms with E-state index in [2.05, 4.69) is 15.6 Å². The monoisotopic (exact) mass is 436 g/mol. The molecule has 2 atom stereocenters. The summed E-state index contributed by atoms with van der Waals surface area (Å²) in [5, 5.41) is 5.85. The highest BCUT2D eigenvalue weighted by atomic mass is 16.5. The van der Waals surface area contributed by atoms with Crippen molar-refractivity contribution in [2.75, 3.05) is 13.1 Å². The van der Waals surface area contributed by atoms with Gasteiger partial charge in [0.15, 0.2) is 0 Å². The molecule has 32 heavy (non-hydrogen) atoms. The summed E-state index contributed by atoms with van der Waals surface area (Å²) in [5.74, 6) is 0.0743. The maximum absolute atomic E-state index is 12.9. The highest BCUT2D eigenvalue weighted by Gasteiger charge is 2.41. The van der Waals surface area contributed by atoms with Gasteiger partial charge in [-0.05, 0) is 50.1 Å². The number of benzene rings is 1. The molecular formula is C24H28N4O4. The summed E-state index contributed by atoms with van der Waals surface area (Å²) in [5.41, 5.74) is 1.75. The highest BCUT2D eigenvalue weighted by Crippen LogP contribution is 2.34. The first-order valence-corrected chi connectivity index (χ1v) is 10.9. The van der Waals surface area contributed by atoms with E-state index in [-0.39, 0.29) is 24.1 Å². The minimum Gasteiger partial charge on any atom is -0.485 e. The Morgan fingerprint density at radius 2 is 2.03 bits per heavy atom. The fraction of sp³-hybridized carbons (Fsp3) is 0.417. The van der Waals surface area contributed by atoms with Crippen molar-refractivity contribution in [2.24, 2.45) is 0 Å². The molecule has 2 aliphatic rings. The number of ether oxygens (including phenoxy) is 1. The topological polar surface area (TPSA) is 101 Å². The first-order valence-electron chi connectivity index (χ1n) is 10.9. The number of pyridine rings is 1. The summed E-state index contributed by atoms with van der Waals surface area (Å²) >= 11 is 0. The van der Waals surface area contributed by atoms with E-state index in [0.29, 0.717) is 43.8 Å². The molecule has 1 fully saturated rings. The van der Waals surface area contributed by atoms with Crippen LogP contribution in [0, 0.1) is 6.92 Å². The van der Waals surface area contributed by atoms with Crippen LogP contribution in [0.3, 0.4) is 0 Å². The SMILES string of the molecule is Cc1ccc2c(c1)C(=O)NCC1(CCC(=O)N(C(C)C(=O)NCc3ccncc3)CC1)O2. The molecule has 8 heteroatoms. The number of hydrogen-bond acceptors (Lipinski definition) is 5. The van der Waals surface area contributed by atoms with Gasteiger partial charge in [-0.3, -0.25) is 19.4 Å². The summed E-state index contributed by atoms with van der Waals surface area (Å²) in [6.45, 7) is 4.75. The normalized spacial score (nSPS) is 21.6. The van der Waals surface area contributed by atoms with Crippen LogP contribution in [0.5, 0.6) is 5.75 Å². The molecule has 0 aliphatic carbocycles. The first-order chi connectivity index (χ1) is 15.4. The lowest BCUT2D eigenvalue weighted by atomic mass is 9.94. The average Bonchev–Trinajstić information content (AvgIpc) is 3.04. The molecule has 168 valence electrons. The molecule has 3 amide bonds. The van der Waals surface area contributed by atoms with Gasteiger partial charge in [0.1, 0.15) is 17.4 Å². The van der Waals surface area contributed by atoms with E-state index < -0.39 is 11.6 Å². The third-order valence-corrected chi connectivity index (χ3v) is 6.26. The molecule has 1 saturated heterocycles. The van der Waals surface area contributed by atoms with Gasteiger partial charge in [0.25, 0.3) is 5.91 Å². The van der Waals surface area contributed by atoms with Gasteiger partial charge in [0.05, 0.1) is 12.1 Å². The van der Waals surface area contributed by atoms with Crippen molar-refractivity contribution in [2.45, 2.75) is 51.3 Å². The molecule has 2 unspecified atom stereocenters. The fourth-order valence-electron chi connectivity index (χ4n) is 4.24. The van der Waals surface area contributed by atoms with Crippen LogP contribution in [-0.2, 0) is 16.1 Å². The van der Waals surface area contributed by atoms with Crippen molar-refractivity contribution in [3.63, 3.8) is 0 Å². The van der Waals surface area contributed by atoms with Crippen LogP contribution in [0.2, 0.25) is 0 Å². The molecule has 1 spiro atoms. The van der Waals surface area contributed by atoms with Gasteiger partial charge in [-0.1, -0.05) is 11.6 Å². The Morgan fingerprint density at radius 3 is 2.81 bits per heavy atom. The van der Waals surface area contributed by atoms with Gasteiger partial charge in [-0.25, -0.2) is 0 Å². The second kappa shape index (κ2) is 8.98. The van der Waals surface area contributed by atoms with Crippen LogP contribution in [0.1, 0.15) is 47.7 Å². The lowest BCUT2D eigenvalue weighted by Gasteiger charge is -2.32. The van der Waals surface area contributed by atoms with Crippen molar-refractivity contribution in [3.8, 4) is 5.75 Å². The van der Waals surface area contributed by atoms with Crippen LogP contribution < -0.4 is 15.4 Å². The highest BCUT2D eigenvalue weighted by molar-refractivity contribution is 5.97. The predicted molar refractivity (Wildman–Crippen MR) is 118 cm³/mol. The van der Waals surface area contributed by atoms with Crippen molar-refractivity contribution in [1.29, 1.82) is 0 Å². The molecule has 2 N–H and O–H groups in total. The van der Waals surface area contributed by atoms with E-state index in [9.17, 15) is 14.4 Å². The number of carbonyl (C=O) groups is 3. The number of aromatic nitrogens is 1. The van der Waals surface area contributed by atoms with E-state index >= 15 is 0 Å². The Hall–Kier alpha value is -3.42. The zero-order valence-electron chi connectivity index (χ0n) is 18.4. The molecule has 1 aromatic heterocycles. The molecule has 0 saturated carbocycles. The summed E-state index contributed by atoms with van der Waals surface area (Å²) in [6.07, 6.45) is 4.59. The summed E-state index contributed by atoms with van der Waals surface area (Å²) in [4.78, 5) is 43.8. The number of nitrogens with one attached hydrogen (secondary N) is 2. The van der Waals surface area contributed by atoms with Gasteiger partial charge in [-0.2, -0.15) is 0 Å². The smallest absolute Gasteiger partial charge is 0.255 e. The Balaban J connectivity index is 1.45. The average molecular weight is 437 g/mol. The van der Waals surface area contributed by atoms with Gasteiger partial charge >= 0.3 is 0 Å². The minimum atomic E-state index is -0.687. The molecule has 4 rings (SSSR count). The van der Waals surface area contributed by atoms with Gasteiger partial charge < -0.3 is 20.3 Å². The van der Waals surface area contributed by atoms with E-state index in [1.807, 2.05) is 37.3 Å². The molecule has 0 bridgehead atoms. The minimum absolute atomic E-state index is 0.0864. The second-order valence-electron chi connectivity index (χ2n) is 8.55. The number of carbonyl (C=O) groups excluding carboxylic acids is 3. The number of aryl methyl sites for hydroxylation is 1. The van der Waals surface area contributed by atoms with Crippen molar-refractivity contribution >= 4 is 17.7 Å². The number of hydrogen-bond donors (Lipinski definition) is 2. The Bertz CT molecular complexity index is 1030. The zero-order valence-corrected chi connectivity index (χ0v) is 18.4. The van der Waals surface area contributed by atoms with Crippen LogP contribution in [0.4, 0.5) is 0 Å². The molecule has 8 nitrogen and oxygen atoms in total. The van der Waals surface area contributed by atoms with Gasteiger partial charge in [-0.15, -0.1) is 0 Å². The lowest BCUT2D eigenvalue weighted by Crippen LogP contribution is -2.49. The number of nitrogens with zero attached hydrogens (tertiary/aromatic N) is 2. The lowest BCUT2D eigenvalue weighted by molar-refractivity contribution is -0.139. The predicted octanol–water partition coefficient (Wildman–Crippen LogP) is 1.97. The van der Waals surface area contributed by atoms with E-state index in [0.717, 1.165) is 11.1 Å². The summed E-state index contributed by atoms with van der Waals surface area (Å²) < 4.78 is 6.36. The molecule has 1 aromatic carbocycles. The fourth-order valence-corrected chi connectivity index (χ4v) is 4.24. The van der Waals surface area contributed by atoms with Gasteiger partial charge in [0, 0.05) is 38.3 Å². The van der Waals surface area contributed by atoms with Crippen LogP contribution in [0.25, 0.3) is 0 Å². The van der Waals surface area contributed by atoms with E-state index in [1.165, 1.54) is 0 Å². The largest absolute Gasteiger partial charge is 0.485 e. The quantitative estimate of drug-likeness (QED) is 0.763. The van der Waals surface area contributed by atoms with E-state index in [4.69, 9.17) is 4.74 Å². The summed E-state index contributed by atoms with van der Waals surface area (Å²) in [7, 11) is 0.